The molecule has 2 aromatic rings. The summed E-state index contributed by atoms with van der Waals surface area (Å²) in [5, 5.41) is 4.23. The van der Waals surface area contributed by atoms with E-state index in [9.17, 15) is 4.79 Å². The zero-order valence-corrected chi connectivity index (χ0v) is 15.7. The summed E-state index contributed by atoms with van der Waals surface area (Å²) in [7, 11) is 2.00. The first-order valence-corrected chi connectivity index (χ1v) is 10.2. The summed E-state index contributed by atoms with van der Waals surface area (Å²) in [4.78, 5) is 16.8. The molecule has 0 radical (unpaired) electrons. The van der Waals surface area contributed by atoms with Gasteiger partial charge in [0.1, 0.15) is 0 Å². The van der Waals surface area contributed by atoms with Crippen LogP contribution in [-0.4, -0.2) is 21.5 Å². The third-order valence-corrected chi connectivity index (χ3v) is 5.93. The van der Waals surface area contributed by atoms with Gasteiger partial charge in [-0.25, -0.2) is 4.98 Å². The number of aryl methyl sites for hydroxylation is 1. The Hall–Kier alpha value is -1.75. The molecule has 1 aliphatic rings. The summed E-state index contributed by atoms with van der Waals surface area (Å²) in [6.07, 6.45) is 12.4. The van der Waals surface area contributed by atoms with E-state index in [1.165, 1.54) is 37.7 Å². The number of rotatable bonds is 5. The van der Waals surface area contributed by atoms with Gasteiger partial charge in [0.15, 0.2) is 5.16 Å². The third kappa shape index (κ3) is 5.36. The van der Waals surface area contributed by atoms with Gasteiger partial charge in [-0.3, -0.25) is 4.79 Å². The molecule has 1 N–H and O–H groups in total. The van der Waals surface area contributed by atoms with Crippen molar-refractivity contribution in [2.24, 2.45) is 7.05 Å². The van der Waals surface area contributed by atoms with Crippen molar-refractivity contribution in [2.45, 2.75) is 61.9 Å². The van der Waals surface area contributed by atoms with Crippen LogP contribution in [0.4, 0.5) is 0 Å². The lowest BCUT2D eigenvalue weighted by atomic mass is 9.96. The molecule has 1 heterocycles. The first-order valence-electron chi connectivity index (χ1n) is 9.22. The molecule has 25 heavy (non-hydrogen) atoms. The molecule has 0 atom stereocenters. The van der Waals surface area contributed by atoms with E-state index in [0.717, 1.165) is 29.3 Å². The molecule has 0 spiro atoms. The third-order valence-electron chi connectivity index (χ3n) is 4.80. The Bertz CT molecular complexity index is 673. The van der Waals surface area contributed by atoms with E-state index in [1.807, 2.05) is 48.3 Å². The van der Waals surface area contributed by atoms with Crippen LogP contribution in [0.1, 0.15) is 60.9 Å². The van der Waals surface area contributed by atoms with Crippen molar-refractivity contribution in [2.75, 3.05) is 0 Å². The number of benzene rings is 1. The van der Waals surface area contributed by atoms with Gasteiger partial charge in [-0.2, -0.15) is 0 Å². The van der Waals surface area contributed by atoms with Gasteiger partial charge in [-0.1, -0.05) is 56.0 Å². The topological polar surface area (TPSA) is 46.9 Å². The molecule has 1 aliphatic carbocycles. The highest BCUT2D eigenvalue weighted by Crippen LogP contribution is 2.21. The van der Waals surface area contributed by atoms with Gasteiger partial charge in [0.2, 0.25) is 0 Å². The zero-order chi connectivity index (χ0) is 17.5. The summed E-state index contributed by atoms with van der Waals surface area (Å²) >= 11 is 1.71. The van der Waals surface area contributed by atoms with Crippen LogP contribution in [0.25, 0.3) is 0 Å². The molecule has 0 aliphatic heterocycles. The molecule has 0 unspecified atom stereocenters. The maximum absolute atomic E-state index is 12.5. The summed E-state index contributed by atoms with van der Waals surface area (Å²) in [6.45, 7) is 0. The molecule has 1 aromatic carbocycles. The Kier molecular flexibility index (Phi) is 6.56. The summed E-state index contributed by atoms with van der Waals surface area (Å²) in [5.74, 6) is 0.920. The lowest BCUT2D eigenvalue weighted by molar-refractivity contribution is 0.0930. The Morgan fingerprint density at radius 3 is 2.48 bits per heavy atom. The van der Waals surface area contributed by atoms with E-state index in [0.29, 0.717) is 6.04 Å². The second-order valence-electron chi connectivity index (χ2n) is 6.82. The fourth-order valence-electron chi connectivity index (χ4n) is 3.26. The second-order valence-corrected chi connectivity index (χ2v) is 7.76. The molecule has 1 fully saturated rings. The minimum Gasteiger partial charge on any atom is -0.349 e. The summed E-state index contributed by atoms with van der Waals surface area (Å²) in [5.41, 5.74) is 1.96. The number of hydrogen-bond donors (Lipinski definition) is 1. The van der Waals surface area contributed by atoms with E-state index < -0.39 is 0 Å². The van der Waals surface area contributed by atoms with Crippen LogP contribution in [0.2, 0.25) is 0 Å². The molecular weight excluding hydrogens is 330 g/mol. The number of carbonyl (C=O) groups excluding carboxylic acids is 1. The highest BCUT2D eigenvalue weighted by atomic mass is 32.2. The molecule has 1 aromatic heterocycles. The van der Waals surface area contributed by atoms with Crippen molar-refractivity contribution < 1.29 is 4.79 Å². The first kappa shape index (κ1) is 18.1. The number of carbonyl (C=O) groups is 1. The van der Waals surface area contributed by atoms with Crippen LogP contribution in [0.3, 0.4) is 0 Å². The van der Waals surface area contributed by atoms with Crippen molar-refractivity contribution in [3.05, 3.63) is 47.8 Å². The van der Waals surface area contributed by atoms with E-state index in [1.54, 1.807) is 11.8 Å². The fourth-order valence-corrected chi connectivity index (χ4v) is 4.15. The predicted octanol–water partition coefficient (Wildman–Crippen LogP) is 4.56. The maximum atomic E-state index is 12.5. The number of amides is 1. The largest absolute Gasteiger partial charge is 0.349 e. The van der Waals surface area contributed by atoms with Crippen molar-refractivity contribution in [1.82, 2.24) is 14.9 Å². The molecule has 0 saturated heterocycles. The van der Waals surface area contributed by atoms with Gasteiger partial charge < -0.3 is 9.88 Å². The van der Waals surface area contributed by atoms with Crippen LogP contribution in [0.5, 0.6) is 0 Å². The van der Waals surface area contributed by atoms with Gasteiger partial charge >= 0.3 is 0 Å². The molecule has 4 nitrogen and oxygen atoms in total. The van der Waals surface area contributed by atoms with Gasteiger partial charge in [-0.05, 0) is 30.5 Å². The van der Waals surface area contributed by atoms with Crippen molar-refractivity contribution >= 4 is 17.7 Å². The van der Waals surface area contributed by atoms with Crippen molar-refractivity contribution in [3.8, 4) is 0 Å². The maximum Gasteiger partial charge on any atom is 0.251 e. The van der Waals surface area contributed by atoms with Crippen LogP contribution in [0.15, 0.2) is 41.8 Å². The summed E-state index contributed by atoms with van der Waals surface area (Å²) < 4.78 is 2.02. The lowest BCUT2D eigenvalue weighted by Crippen LogP contribution is -2.35. The SMILES string of the molecule is Cn1ccnc1SCc1ccc(C(=O)NC2CCCCCCC2)cc1. The standard InChI is InChI=1S/C20H27N3OS/c1-23-14-13-21-20(23)25-15-16-9-11-17(12-10-16)19(24)22-18-7-5-3-2-4-6-8-18/h9-14,18H,2-8,15H2,1H3,(H,22,24). The molecule has 1 amide bonds. The number of nitrogens with one attached hydrogen (secondary N) is 1. The average Bonchev–Trinajstić information content (AvgIpc) is 3.01. The fraction of sp³-hybridized carbons (Fsp3) is 0.500. The van der Waals surface area contributed by atoms with E-state index in [4.69, 9.17) is 0 Å². The summed E-state index contributed by atoms with van der Waals surface area (Å²) in [6, 6.07) is 8.30. The average molecular weight is 358 g/mol. The normalized spacial score (nSPS) is 16.2. The van der Waals surface area contributed by atoms with Crippen LogP contribution in [-0.2, 0) is 12.8 Å². The van der Waals surface area contributed by atoms with Gasteiger partial charge in [0.25, 0.3) is 5.91 Å². The molecular formula is C20H27N3OS. The predicted molar refractivity (Wildman–Crippen MR) is 103 cm³/mol. The minimum absolute atomic E-state index is 0.0638. The quantitative estimate of drug-likeness (QED) is 0.798. The van der Waals surface area contributed by atoms with Crippen molar-refractivity contribution in [1.29, 1.82) is 0 Å². The minimum atomic E-state index is 0.0638. The van der Waals surface area contributed by atoms with Gasteiger partial charge in [0.05, 0.1) is 0 Å². The van der Waals surface area contributed by atoms with Crippen LogP contribution < -0.4 is 5.32 Å². The second kappa shape index (κ2) is 9.09. The Balaban J connectivity index is 1.52. The number of aromatic nitrogens is 2. The Morgan fingerprint density at radius 2 is 1.84 bits per heavy atom. The smallest absolute Gasteiger partial charge is 0.251 e. The zero-order valence-electron chi connectivity index (χ0n) is 14.9. The Morgan fingerprint density at radius 1 is 1.16 bits per heavy atom. The number of thioether (sulfide) groups is 1. The number of hydrogen-bond acceptors (Lipinski definition) is 3. The number of nitrogens with zero attached hydrogens (tertiary/aromatic N) is 2. The lowest BCUT2D eigenvalue weighted by Gasteiger charge is -2.21. The first-order chi connectivity index (χ1) is 12.2. The molecule has 0 bridgehead atoms. The van der Waals surface area contributed by atoms with E-state index in [2.05, 4.69) is 10.3 Å². The highest BCUT2D eigenvalue weighted by molar-refractivity contribution is 7.98. The van der Waals surface area contributed by atoms with E-state index >= 15 is 0 Å². The molecule has 3 rings (SSSR count). The number of imidazole rings is 1. The Labute approximate surface area is 154 Å². The monoisotopic (exact) mass is 357 g/mol. The molecule has 5 heteroatoms. The molecule has 134 valence electrons. The van der Waals surface area contributed by atoms with Gasteiger partial charge in [0, 0.05) is 36.8 Å². The van der Waals surface area contributed by atoms with Crippen molar-refractivity contribution in [3.63, 3.8) is 0 Å². The molecule has 1 saturated carbocycles. The van der Waals surface area contributed by atoms with E-state index in [-0.39, 0.29) is 5.91 Å². The van der Waals surface area contributed by atoms with Crippen LogP contribution >= 0.6 is 11.8 Å². The highest BCUT2D eigenvalue weighted by Gasteiger charge is 2.15. The van der Waals surface area contributed by atoms with Crippen LogP contribution in [0, 0.1) is 0 Å². The van der Waals surface area contributed by atoms with Gasteiger partial charge in [-0.15, -0.1) is 0 Å².